The van der Waals surface area contributed by atoms with E-state index < -0.39 is 0 Å². The molecule has 0 unspecified atom stereocenters. The standard InChI is InChI=1S/C13H17NO3/c1-11(15)7-9-14-13(16)8-10-17-12-5-3-2-4-6-12/h2-6H,7-10H2,1H3,(H,14,16). The summed E-state index contributed by atoms with van der Waals surface area (Å²) >= 11 is 0. The highest BCUT2D eigenvalue weighted by atomic mass is 16.5. The molecule has 0 aliphatic carbocycles. The Kier molecular flexibility index (Phi) is 5.79. The third kappa shape index (κ3) is 6.35. The van der Waals surface area contributed by atoms with Gasteiger partial charge in [0, 0.05) is 13.0 Å². The van der Waals surface area contributed by atoms with Crippen LogP contribution in [-0.4, -0.2) is 24.8 Å². The Morgan fingerprint density at radius 2 is 1.88 bits per heavy atom. The van der Waals surface area contributed by atoms with Crippen molar-refractivity contribution in [2.75, 3.05) is 13.2 Å². The lowest BCUT2D eigenvalue weighted by atomic mass is 10.3. The summed E-state index contributed by atoms with van der Waals surface area (Å²) in [4.78, 5) is 22.0. The Hall–Kier alpha value is -1.84. The summed E-state index contributed by atoms with van der Waals surface area (Å²) in [5.74, 6) is 0.733. The van der Waals surface area contributed by atoms with Crippen LogP contribution in [0.4, 0.5) is 0 Å². The molecule has 92 valence electrons. The summed E-state index contributed by atoms with van der Waals surface area (Å²) in [5, 5.41) is 2.66. The van der Waals surface area contributed by atoms with Crippen molar-refractivity contribution in [2.45, 2.75) is 19.8 Å². The number of hydrogen-bond donors (Lipinski definition) is 1. The number of Topliss-reactive ketones (excluding diaryl/α,β-unsaturated/α-hetero) is 1. The molecule has 0 bridgehead atoms. The smallest absolute Gasteiger partial charge is 0.223 e. The average molecular weight is 235 g/mol. The second-order valence-electron chi connectivity index (χ2n) is 3.71. The molecule has 0 radical (unpaired) electrons. The average Bonchev–Trinajstić information content (AvgIpc) is 2.30. The predicted octanol–water partition coefficient (Wildman–Crippen LogP) is 1.55. The van der Waals surface area contributed by atoms with E-state index >= 15 is 0 Å². The molecular weight excluding hydrogens is 218 g/mol. The van der Waals surface area contributed by atoms with Crippen LogP contribution in [0.5, 0.6) is 5.75 Å². The quantitative estimate of drug-likeness (QED) is 0.780. The first-order valence-corrected chi connectivity index (χ1v) is 5.62. The highest BCUT2D eigenvalue weighted by Crippen LogP contribution is 2.08. The first kappa shape index (κ1) is 13.2. The van der Waals surface area contributed by atoms with Crippen molar-refractivity contribution in [3.8, 4) is 5.75 Å². The highest BCUT2D eigenvalue weighted by molar-refractivity contribution is 5.78. The van der Waals surface area contributed by atoms with Crippen LogP contribution >= 0.6 is 0 Å². The summed E-state index contributed by atoms with van der Waals surface area (Å²) in [6.45, 7) is 2.25. The molecule has 1 rings (SSSR count). The molecule has 4 heteroatoms. The van der Waals surface area contributed by atoms with Crippen LogP contribution in [0.2, 0.25) is 0 Å². The van der Waals surface area contributed by atoms with Gasteiger partial charge in [0.05, 0.1) is 13.0 Å². The lowest BCUT2D eigenvalue weighted by Crippen LogP contribution is -2.26. The Bertz CT molecular complexity index is 362. The second kappa shape index (κ2) is 7.44. The van der Waals surface area contributed by atoms with Crippen molar-refractivity contribution in [2.24, 2.45) is 0 Å². The Labute approximate surface area is 101 Å². The van der Waals surface area contributed by atoms with E-state index in [2.05, 4.69) is 5.32 Å². The minimum atomic E-state index is -0.0952. The predicted molar refractivity (Wildman–Crippen MR) is 64.9 cm³/mol. The fraction of sp³-hybridized carbons (Fsp3) is 0.385. The van der Waals surface area contributed by atoms with Gasteiger partial charge >= 0.3 is 0 Å². The van der Waals surface area contributed by atoms with E-state index in [0.29, 0.717) is 26.0 Å². The van der Waals surface area contributed by atoms with Gasteiger partial charge in [0.25, 0.3) is 0 Å². The van der Waals surface area contributed by atoms with Crippen LogP contribution in [0.3, 0.4) is 0 Å². The maximum Gasteiger partial charge on any atom is 0.223 e. The Morgan fingerprint density at radius 3 is 2.53 bits per heavy atom. The molecule has 1 aromatic rings. The van der Waals surface area contributed by atoms with Crippen molar-refractivity contribution in [1.29, 1.82) is 0 Å². The normalized spacial score (nSPS) is 9.71. The van der Waals surface area contributed by atoms with E-state index in [4.69, 9.17) is 4.74 Å². The topological polar surface area (TPSA) is 55.4 Å². The van der Waals surface area contributed by atoms with Crippen molar-refractivity contribution in [3.05, 3.63) is 30.3 Å². The monoisotopic (exact) mass is 235 g/mol. The molecule has 0 spiro atoms. The zero-order valence-electron chi connectivity index (χ0n) is 9.94. The van der Waals surface area contributed by atoms with Crippen LogP contribution in [0.15, 0.2) is 30.3 Å². The van der Waals surface area contributed by atoms with Gasteiger partial charge in [0.1, 0.15) is 11.5 Å². The number of ether oxygens (including phenoxy) is 1. The van der Waals surface area contributed by atoms with Crippen LogP contribution in [-0.2, 0) is 9.59 Å². The zero-order chi connectivity index (χ0) is 12.5. The summed E-state index contributed by atoms with van der Waals surface area (Å²) in [6, 6.07) is 9.34. The number of benzene rings is 1. The van der Waals surface area contributed by atoms with Gasteiger partial charge in [-0.2, -0.15) is 0 Å². The van der Waals surface area contributed by atoms with Crippen molar-refractivity contribution >= 4 is 11.7 Å². The van der Waals surface area contributed by atoms with E-state index in [-0.39, 0.29) is 11.7 Å². The van der Waals surface area contributed by atoms with Gasteiger partial charge in [-0.25, -0.2) is 0 Å². The molecule has 1 amide bonds. The van der Waals surface area contributed by atoms with Crippen molar-refractivity contribution in [1.82, 2.24) is 5.32 Å². The molecule has 0 fully saturated rings. The Balaban J connectivity index is 2.10. The van der Waals surface area contributed by atoms with Crippen LogP contribution in [0.1, 0.15) is 19.8 Å². The molecule has 0 saturated heterocycles. The van der Waals surface area contributed by atoms with E-state index in [1.807, 2.05) is 30.3 Å². The molecule has 0 aliphatic heterocycles. The number of nitrogens with one attached hydrogen (secondary N) is 1. The molecule has 1 N–H and O–H groups in total. The molecule has 0 atom stereocenters. The summed E-state index contributed by atoms with van der Waals surface area (Å²) in [6.07, 6.45) is 0.679. The van der Waals surface area contributed by atoms with E-state index in [1.165, 1.54) is 6.92 Å². The van der Waals surface area contributed by atoms with Gasteiger partial charge in [-0.15, -0.1) is 0 Å². The minimum Gasteiger partial charge on any atom is -0.493 e. The van der Waals surface area contributed by atoms with E-state index in [1.54, 1.807) is 0 Å². The number of hydrogen-bond acceptors (Lipinski definition) is 3. The zero-order valence-corrected chi connectivity index (χ0v) is 9.94. The van der Waals surface area contributed by atoms with E-state index in [0.717, 1.165) is 5.75 Å². The van der Waals surface area contributed by atoms with Gasteiger partial charge in [0.2, 0.25) is 5.91 Å². The fourth-order valence-corrected chi connectivity index (χ4v) is 1.24. The maximum atomic E-state index is 11.3. The molecule has 0 heterocycles. The molecule has 0 aliphatic rings. The lowest BCUT2D eigenvalue weighted by Gasteiger charge is -2.06. The number of rotatable bonds is 7. The number of para-hydroxylation sites is 1. The third-order valence-electron chi connectivity index (χ3n) is 2.14. The van der Waals surface area contributed by atoms with Crippen molar-refractivity contribution < 1.29 is 14.3 Å². The van der Waals surface area contributed by atoms with Crippen LogP contribution in [0.25, 0.3) is 0 Å². The Morgan fingerprint density at radius 1 is 1.18 bits per heavy atom. The number of carbonyl (C=O) groups is 2. The van der Waals surface area contributed by atoms with Gasteiger partial charge in [-0.3, -0.25) is 9.59 Å². The third-order valence-corrected chi connectivity index (χ3v) is 2.14. The summed E-state index contributed by atoms with van der Waals surface area (Å²) < 4.78 is 5.38. The van der Waals surface area contributed by atoms with Gasteiger partial charge in [-0.1, -0.05) is 18.2 Å². The number of carbonyl (C=O) groups excluding carboxylic acids is 2. The molecular formula is C13H17NO3. The summed E-state index contributed by atoms with van der Waals surface area (Å²) in [7, 11) is 0. The lowest BCUT2D eigenvalue weighted by molar-refractivity contribution is -0.121. The van der Waals surface area contributed by atoms with Crippen LogP contribution in [0, 0.1) is 0 Å². The minimum absolute atomic E-state index is 0.0748. The second-order valence-corrected chi connectivity index (χ2v) is 3.71. The first-order valence-electron chi connectivity index (χ1n) is 5.62. The molecule has 4 nitrogen and oxygen atoms in total. The van der Waals surface area contributed by atoms with Gasteiger partial charge in [0.15, 0.2) is 0 Å². The van der Waals surface area contributed by atoms with Crippen molar-refractivity contribution in [3.63, 3.8) is 0 Å². The first-order chi connectivity index (χ1) is 8.18. The molecule has 0 aromatic heterocycles. The molecule has 0 saturated carbocycles. The molecule has 1 aromatic carbocycles. The highest BCUT2D eigenvalue weighted by Gasteiger charge is 2.02. The SMILES string of the molecule is CC(=O)CCNC(=O)CCOc1ccccc1. The van der Waals surface area contributed by atoms with Gasteiger partial charge < -0.3 is 10.1 Å². The number of ketones is 1. The van der Waals surface area contributed by atoms with E-state index in [9.17, 15) is 9.59 Å². The summed E-state index contributed by atoms with van der Waals surface area (Å²) in [5.41, 5.74) is 0. The fourth-order valence-electron chi connectivity index (χ4n) is 1.24. The maximum absolute atomic E-state index is 11.3. The van der Waals surface area contributed by atoms with Crippen LogP contribution < -0.4 is 10.1 Å². The molecule has 17 heavy (non-hydrogen) atoms. The number of amides is 1. The van der Waals surface area contributed by atoms with Gasteiger partial charge in [-0.05, 0) is 19.1 Å². The largest absolute Gasteiger partial charge is 0.493 e.